The third kappa shape index (κ3) is 5.42. The maximum atomic E-state index is 13.0. The number of halogens is 1. The van der Waals surface area contributed by atoms with E-state index in [1.165, 1.54) is 0 Å². The normalized spacial score (nSPS) is 20.9. The molecular formula is C19H29BrN4O4. The molecule has 156 valence electrons. The van der Waals surface area contributed by atoms with Gasteiger partial charge in [-0.05, 0) is 43.0 Å². The molecule has 0 fully saturated rings. The molecule has 28 heavy (non-hydrogen) atoms. The van der Waals surface area contributed by atoms with Gasteiger partial charge in [-0.2, -0.15) is 0 Å². The van der Waals surface area contributed by atoms with Crippen molar-refractivity contribution >= 4 is 27.7 Å². The van der Waals surface area contributed by atoms with E-state index in [1.807, 2.05) is 25.9 Å². The van der Waals surface area contributed by atoms with E-state index in [-0.39, 0.29) is 42.4 Å². The van der Waals surface area contributed by atoms with Crippen molar-refractivity contribution in [3.63, 3.8) is 0 Å². The first kappa shape index (κ1) is 22.6. The highest BCUT2D eigenvalue weighted by Gasteiger charge is 2.34. The van der Waals surface area contributed by atoms with Crippen molar-refractivity contribution < 1.29 is 19.4 Å². The summed E-state index contributed by atoms with van der Waals surface area (Å²) < 4.78 is 6.78. The lowest BCUT2D eigenvalue weighted by Gasteiger charge is -2.37. The van der Waals surface area contributed by atoms with Gasteiger partial charge in [-0.25, -0.2) is 4.98 Å². The fraction of sp³-hybridized carbons (Fsp3) is 0.632. The summed E-state index contributed by atoms with van der Waals surface area (Å²) in [5.74, 6) is -0.0595. The average molecular weight is 457 g/mol. The second-order valence-corrected chi connectivity index (χ2v) is 8.56. The smallest absolute Gasteiger partial charge is 0.259 e. The molecule has 2 amide bonds. The zero-order valence-corrected chi connectivity index (χ0v) is 18.6. The summed E-state index contributed by atoms with van der Waals surface area (Å²) >= 11 is 3.35. The number of carbonyl (C=O) groups excluding carboxylic acids is 2. The summed E-state index contributed by atoms with van der Waals surface area (Å²) in [5.41, 5.74) is 0.342. The van der Waals surface area contributed by atoms with Crippen molar-refractivity contribution in [3.8, 4) is 5.88 Å². The number of aliphatic hydroxyl groups is 1. The van der Waals surface area contributed by atoms with Crippen LogP contribution in [0.2, 0.25) is 0 Å². The molecule has 1 aliphatic heterocycles. The number of aromatic nitrogens is 1. The zero-order chi connectivity index (χ0) is 21.0. The molecule has 1 aromatic rings. The Kier molecular flexibility index (Phi) is 7.79. The molecule has 0 saturated carbocycles. The number of rotatable bonds is 6. The van der Waals surface area contributed by atoms with Crippen LogP contribution in [0.25, 0.3) is 0 Å². The predicted octanol–water partition coefficient (Wildman–Crippen LogP) is 1.08. The Morgan fingerprint density at radius 1 is 1.46 bits per heavy atom. The van der Waals surface area contributed by atoms with E-state index in [1.54, 1.807) is 36.0 Å². The van der Waals surface area contributed by atoms with Gasteiger partial charge in [-0.1, -0.05) is 6.92 Å². The van der Waals surface area contributed by atoms with Crippen LogP contribution in [0.5, 0.6) is 5.88 Å². The Hall–Kier alpha value is -1.71. The summed E-state index contributed by atoms with van der Waals surface area (Å²) in [4.78, 5) is 34.8. The van der Waals surface area contributed by atoms with Crippen LogP contribution in [0.4, 0.5) is 0 Å². The number of likely N-dealkylation sites (N-methyl/N-ethyl adjacent to an activating group) is 2. The second-order valence-electron chi connectivity index (χ2n) is 7.64. The largest absolute Gasteiger partial charge is 0.472 e. The van der Waals surface area contributed by atoms with Gasteiger partial charge in [0, 0.05) is 30.2 Å². The molecule has 1 aromatic heterocycles. The van der Waals surface area contributed by atoms with Gasteiger partial charge in [0.05, 0.1) is 25.7 Å². The van der Waals surface area contributed by atoms with Crippen molar-refractivity contribution in [2.45, 2.75) is 26.0 Å². The minimum atomic E-state index is -0.343. The average Bonchev–Trinajstić information content (AvgIpc) is 2.63. The monoisotopic (exact) mass is 456 g/mol. The lowest BCUT2D eigenvalue weighted by atomic mass is 10.00. The molecule has 0 bridgehead atoms. The predicted molar refractivity (Wildman–Crippen MR) is 109 cm³/mol. The molecular weight excluding hydrogens is 428 g/mol. The van der Waals surface area contributed by atoms with Crippen molar-refractivity contribution in [1.29, 1.82) is 0 Å². The molecule has 0 saturated heterocycles. The summed E-state index contributed by atoms with van der Waals surface area (Å²) in [6.45, 7) is 4.74. The standard InChI is InChI=1S/C19H29BrN4O4/c1-12-8-24(13(2)11-25)19(27)15-6-14(20)7-21-18(15)28-16(12)9-23(5)17(26)10-22(3)4/h6-7,12-13,16,25H,8-11H2,1-5H3/t12-,13-,16+/m0/s1. The van der Waals surface area contributed by atoms with Gasteiger partial charge in [0.2, 0.25) is 11.8 Å². The van der Waals surface area contributed by atoms with E-state index in [9.17, 15) is 14.7 Å². The Balaban J connectivity index is 2.34. The van der Waals surface area contributed by atoms with Crippen molar-refractivity contribution in [3.05, 3.63) is 22.3 Å². The van der Waals surface area contributed by atoms with Crippen LogP contribution in [0.15, 0.2) is 16.7 Å². The number of hydrogen-bond donors (Lipinski definition) is 1. The van der Waals surface area contributed by atoms with Crippen molar-refractivity contribution in [2.75, 3.05) is 47.4 Å². The van der Waals surface area contributed by atoms with Crippen LogP contribution in [0.1, 0.15) is 24.2 Å². The molecule has 2 rings (SSSR count). The highest BCUT2D eigenvalue weighted by molar-refractivity contribution is 9.10. The number of hydrogen-bond acceptors (Lipinski definition) is 6. The Morgan fingerprint density at radius 3 is 2.75 bits per heavy atom. The zero-order valence-electron chi connectivity index (χ0n) is 17.1. The molecule has 0 spiro atoms. The number of fused-ring (bicyclic) bond motifs is 1. The lowest BCUT2D eigenvalue weighted by molar-refractivity contribution is -0.132. The topological polar surface area (TPSA) is 86.2 Å². The van der Waals surface area contributed by atoms with Gasteiger partial charge in [0.15, 0.2) is 0 Å². The van der Waals surface area contributed by atoms with E-state index in [2.05, 4.69) is 20.9 Å². The van der Waals surface area contributed by atoms with Gasteiger partial charge in [-0.15, -0.1) is 0 Å². The number of pyridine rings is 1. The van der Waals surface area contributed by atoms with E-state index in [4.69, 9.17) is 4.74 Å². The lowest BCUT2D eigenvalue weighted by Crippen LogP contribution is -2.51. The fourth-order valence-corrected chi connectivity index (χ4v) is 3.39. The fourth-order valence-electron chi connectivity index (χ4n) is 3.06. The number of amides is 2. The highest BCUT2D eigenvalue weighted by atomic mass is 79.9. The third-order valence-electron chi connectivity index (χ3n) is 4.82. The molecule has 2 heterocycles. The van der Waals surface area contributed by atoms with Gasteiger partial charge >= 0.3 is 0 Å². The third-order valence-corrected chi connectivity index (χ3v) is 5.25. The minimum absolute atomic E-state index is 0.0106. The number of aliphatic hydroxyl groups excluding tert-OH is 1. The summed E-state index contributed by atoms with van der Waals surface area (Å²) in [5, 5.41) is 9.62. The van der Waals surface area contributed by atoms with Gasteiger partial charge in [0.25, 0.3) is 5.91 Å². The summed E-state index contributed by atoms with van der Waals surface area (Å²) in [7, 11) is 5.44. The Bertz CT molecular complexity index is 715. The maximum absolute atomic E-state index is 13.0. The molecule has 8 nitrogen and oxygen atoms in total. The van der Waals surface area contributed by atoms with Crippen LogP contribution in [-0.2, 0) is 4.79 Å². The number of ether oxygens (including phenoxy) is 1. The molecule has 3 atom stereocenters. The number of nitrogens with zero attached hydrogens (tertiary/aromatic N) is 4. The van der Waals surface area contributed by atoms with Crippen molar-refractivity contribution in [2.24, 2.45) is 5.92 Å². The van der Waals surface area contributed by atoms with Crippen LogP contribution in [0.3, 0.4) is 0 Å². The van der Waals surface area contributed by atoms with E-state index in [0.29, 0.717) is 29.7 Å². The number of carbonyl (C=O) groups is 2. The van der Waals surface area contributed by atoms with Crippen LogP contribution >= 0.6 is 15.9 Å². The molecule has 0 unspecified atom stereocenters. The molecule has 9 heteroatoms. The molecule has 1 aliphatic rings. The molecule has 0 aliphatic carbocycles. The summed E-state index contributed by atoms with van der Waals surface area (Å²) in [6, 6.07) is 1.34. The minimum Gasteiger partial charge on any atom is -0.472 e. The van der Waals surface area contributed by atoms with Crippen molar-refractivity contribution in [1.82, 2.24) is 19.7 Å². The van der Waals surface area contributed by atoms with Crippen LogP contribution in [0, 0.1) is 5.92 Å². The highest BCUT2D eigenvalue weighted by Crippen LogP contribution is 2.28. The first-order valence-electron chi connectivity index (χ1n) is 9.26. The van der Waals surface area contributed by atoms with Gasteiger partial charge in [-0.3, -0.25) is 9.59 Å². The van der Waals surface area contributed by atoms with Gasteiger partial charge < -0.3 is 24.5 Å². The second kappa shape index (κ2) is 9.67. The van der Waals surface area contributed by atoms with Crippen LogP contribution in [-0.4, -0.2) is 96.1 Å². The van der Waals surface area contributed by atoms with Gasteiger partial charge in [0.1, 0.15) is 11.7 Å². The first-order chi connectivity index (χ1) is 13.1. The summed E-state index contributed by atoms with van der Waals surface area (Å²) in [6.07, 6.45) is 1.24. The first-order valence-corrected chi connectivity index (χ1v) is 10.1. The molecule has 1 N–H and O–H groups in total. The maximum Gasteiger partial charge on any atom is 0.259 e. The Labute approximate surface area is 174 Å². The Morgan fingerprint density at radius 2 is 2.14 bits per heavy atom. The van der Waals surface area contributed by atoms with E-state index >= 15 is 0 Å². The SMILES string of the molecule is C[C@H]1CN([C@@H](C)CO)C(=O)c2cc(Br)cnc2O[C@@H]1CN(C)C(=O)CN(C)C. The van der Waals surface area contributed by atoms with E-state index in [0.717, 1.165) is 0 Å². The van der Waals surface area contributed by atoms with E-state index < -0.39 is 0 Å². The van der Waals surface area contributed by atoms with Crippen LogP contribution < -0.4 is 4.74 Å². The quantitative estimate of drug-likeness (QED) is 0.689. The molecule has 0 radical (unpaired) electrons. The molecule has 0 aromatic carbocycles.